The Morgan fingerprint density at radius 1 is 1.39 bits per heavy atom. The highest BCUT2D eigenvalue weighted by molar-refractivity contribution is 6.01. The quantitative estimate of drug-likeness (QED) is 0.854. The van der Waals surface area contributed by atoms with Crippen molar-refractivity contribution in [2.75, 3.05) is 0 Å². The molecular formula is C15H20N2O. The van der Waals surface area contributed by atoms with Crippen LogP contribution in [-0.2, 0) is 0 Å². The molecule has 3 heteroatoms. The van der Waals surface area contributed by atoms with Crippen LogP contribution in [0.15, 0.2) is 18.2 Å². The second kappa shape index (κ2) is 4.84. The summed E-state index contributed by atoms with van der Waals surface area (Å²) in [4.78, 5) is 15.4. The van der Waals surface area contributed by atoms with Gasteiger partial charge in [0.2, 0.25) is 0 Å². The third kappa shape index (κ3) is 2.26. The van der Waals surface area contributed by atoms with E-state index in [1.165, 1.54) is 5.56 Å². The van der Waals surface area contributed by atoms with E-state index >= 15 is 0 Å². The second-order valence-electron chi connectivity index (χ2n) is 4.96. The summed E-state index contributed by atoms with van der Waals surface area (Å²) in [5.74, 6) is -0.0179. The Morgan fingerprint density at radius 3 is 2.78 bits per heavy atom. The van der Waals surface area contributed by atoms with E-state index in [9.17, 15) is 4.79 Å². The Balaban J connectivity index is 2.39. The molecule has 2 N–H and O–H groups in total. The molecule has 1 atom stereocenters. The van der Waals surface area contributed by atoms with Crippen LogP contribution in [0, 0.1) is 13.8 Å². The third-order valence-electron chi connectivity index (χ3n) is 3.43. The van der Waals surface area contributed by atoms with Gasteiger partial charge in [0.15, 0.2) is 0 Å². The van der Waals surface area contributed by atoms with Gasteiger partial charge in [-0.1, -0.05) is 19.1 Å². The lowest BCUT2D eigenvalue weighted by atomic mass is 10.1. The first kappa shape index (κ1) is 12.7. The molecule has 1 heterocycles. The van der Waals surface area contributed by atoms with Crippen molar-refractivity contribution in [3.05, 3.63) is 35.0 Å². The lowest BCUT2D eigenvalue weighted by molar-refractivity contribution is 0.0934. The molecule has 2 aromatic rings. The van der Waals surface area contributed by atoms with Gasteiger partial charge in [-0.05, 0) is 44.4 Å². The monoisotopic (exact) mass is 244 g/mol. The number of benzene rings is 1. The molecule has 0 fully saturated rings. The molecule has 96 valence electrons. The van der Waals surface area contributed by atoms with E-state index in [-0.39, 0.29) is 11.9 Å². The molecular weight excluding hydrogens is 224 g/mol. The number of nitrogens with one attached hydrogen (secondary N) is 2. The highest BCUT2D eigenvalue weighted by atomic mass is 16.1. The first-order chi connectivity index (χ1) is 8.52. The maximum Gasteiger partial charge on any atom is 0.268 e. The van der Waals surface area contributed by atoms with Gasteiger partial charge in [-0.3, -0.25) is 4.79 Å². The number of amides is 1. The van der Waals surface area contributed by atoms with Gasteiger partial charge in [0.25, 0.3) is 5.91 Å². The Bertz CT molecular complexity index is 583. The van der Waals surface area contributed by atoms with Crippen LogP contribution in [0.4, 0.5) is 0 Å². The summed E-state index contributed by atoms with van der Waals surface area (Å²) >= 11 is 0. The number of aryl methyl sites for hydroxylation is 2. The molecule has 18 heavy (non-hydrogen) atoms. The van der Waals surface area contributed by atoms with Gasteiger partial charge in [0, 0.05) is 16.9 Å². The number of aromatic amines is 1. The molecule has 2 rings (SSSR count). The fourth-order valence-corrected chi connectivity index (χ4v) is 2.08. The average molecular weight is 244 g/mol. The van der Waals surface area contributed by atoms with Gasteiger partial charge in [-0.2, -0.15) is 0 Å². The highest BCUT2D eigenvalue weighted by Gasteiger charge is 2.15. The topological polar surface area (TPSA) is 44.9 Å². The smallest absolute Gasteiger partial charge is 0.268 e. The predicted octanol–water partition coefficient (Wildman–Crippen LogP) is 3.31. The van der Waals surface area contributed by atoms with Crippen molar-refractivity contribution in [3.8, 4) is 0 Å². The zero-order valence-corrected chi connectivity index (χ0v) is 11.4. The van der Waals surface area contributed by atoms with E-state index in [1.807, 2.05) is 13.8 Å². The van der Waals surface area contributed by atoms with Crippen molar-refractivity contribution in [2.45, 2.75) is 40.2 Å². The van der Waals surface area contributed by atoms with Crippen molar-refractivity contribution in [3.63, 3.8) is 0 Å². The largest absolute Gasteiger partial charge is 0.350 e. The summed E-state index contributed by atoms with van der Waals surface area (Å²) in [6, 6.07) is 6.41. The third-order valence-corrected chi connectivity index (χ3v) is 3.43. The van der Waals surface area contributed by atoms with Crippen molar-refractivity contribution in [2.24, 2.45) is 0 Å². The Kier molecular flexibility index (Phi) is 3.41. The summed E-state index contributed by atoms with van der Waals surface area (Å²) in [5, 5.41) is 4.11. The van der Waals surface area contributed by atoms with Crippen molar-refractivity contribution in [1.82, 2.24) is 10.3 Å². The van der Waals surface area contributed by atoms with E-state index in [2.05, 4.69) is 42.3 Å². The molecule has 3 nitrogen and oxygen atoms in total. The number of hydrogen-bond acceptors (Lipinski definition) is 1. The summed E-state index contributed by atoms with van der Waals surface area (Å²) < 4.78 is 0. The van der Waals surface area contributed by atoms with Crippen LogP contribution in [0.1, 0.15) is 41.9 Å². The normalized spacial score (nSPS) is 12.7. The van der Waals surface area contributed by atoms with Gasteiger partial charge in [-0.15, -0.1) is 0 Å². The van der Waals surface area contributed by atoms with Gasteiger partial charge in [0.05, 0.1) is 0 Å². The molecule has 0 bridgehead atoms. The van der Waals surface area contributed by atoms with Crippen LogP contribution < -0.4 is 5.32 Å². The van der Waals surface area contributed by atoms with Crippen LogP contribution >= 0.6 is 0 Å². The van der Waals surface area contributed by atoms with Gasteiger partial charge >= 0.3 is 0 Å². The molecule has 0 radical (unpaired) electrons. The number of carbonyl (C=O) groups is 1. The van der Waals surface area contributed by atoms with E-state index in [1.54, 1.807) is 0 Å². The maximum atomic E-state index is 12.1. The molecule has 1 aromatic carbocycles. The van der Waals surface area contributed by atoms with E-state index in [0.29, 0.717) is 5.69 Å². The van der Waals surface area contributed by atoms with Gasteiger partial charge < -0.3 is 10.3 Å². The number of carbonyl (C=O) groups excluding carboxylic acids is 1. The van der Waals surface area contributed by atoms with Crippen molar-refractivity contribution in [1.29, 1.82) is 0 Å². The van der Waals surface area contributed by atoms with Crippen LogP contribution in [0.3, 0.4) is 0 Å². The zero-order valence-electron chi connectivity index (χ0n) is 11.4. The van der Waals surface area contributed by atoms with E-state index in [0.717, 1.165) is 22.9 Å². The summed E-state index contributed by atoms with van der Waals surface area (Å²) in [6.07, 6.45) is 0.935. The summed E-state index contributed by atoms with van der Waals surface area (Å²) in [6.45, 7) is 8.11. The Hall–Kier alpha value is -1.77. The Labute approximate surface area is 108 Å². The predicted molar refractivity (Wildman–Crippen MR) is 75.0 cm³/mol. The Morgan fingerprint density at radius 2 is 2.11 bits per heavy atom. The molecule has 1 amide bonds. The fourth-order valence-electron chi connectivity index (χ4n) is 2.08. The minimum Gasteiger partial charge on any atom is -0.350 e. The summed E-state index contributed by atoms with van der Waals surface area (Å²) in [5.41, 5.74) is 3.92. The minimum absolute atomic E-state index is 0.0179. The molecule has 1 unspecified atom stereocenters. The fraction of sp³-hybridized carbons (Fsp3) is 0.400. The lowest BCUT2D eigenvalue weighted by Crippen LogP contribution is -2.32. The van der Waals surface area contributed by atoms with Gasteiger partial charge in [-0.25, -0.2) is 0 Å². The molecule has 0 aliphatic carbocycles. The van der Waals surface area contributed by atoms with E-state index in [4.69, 9.17) is 0 Å². The maximum absolute atomic E-state index is 12.1. The highest BCUT2D eigenvalue weighted by Crippen LogP contribution is 2.22. The van der Waals surface area contributed by atoms with Crippen LogP contribution in [-0.4, -0.2) is 16.9 Å². The molecule has 0 aliphatic rings. The van der Waals surface area contributed by atoms with E-state index < -0.39 is 0 Å². The molecule has 0 spiro atoms. The van der Waals surface area contributed by atoms with Gasteiger partial charge in [0.1, 0.15) is 5.69 Å². The number of fused-ring (bicyclic) bond motifs is 1. The average Bonchev–Trinajstić information content (AvgIpc) is 2.66. The van der Waals surface area contributed by atoms with Crippen LogP contribution in [0.5, 0.6) is 0 Å². The molecule has 0 saturated carbocycles. The van der Waals surface area contributed by atoms with Crippen molar-refractivity contribution < 1.29 is 4.79 Å². The number of H-pyrrole nitrogens is 1. The zero-order chi connectivity index (χ0) is 13.3. The molecule has 1 aromatic heterocycles. The number of aromatic nitrogens is 1. The first-order valence-electron chi connectivity index (χ1n) is 6.42. The first-order valence-corrected chi connectivity index (χ1v) is 6.42. The summed E-state index contributed by atoms with van der Waals surface area (Å²) in [7, 11) is 0. The van der Waals surface area contributed by atoms with Crippen LogP contribution in [0.2, 0.25) is 0 Å². The van der Waals surface area contributed by atoms with Crippen molar-refractivity contribution >= 4 is 16.8 Å². The minimum atomic E-state index is -0.0179. The number of hydrogen-bond donors (Lipinski definition) is 2. The molecule has 0 aliphatic heterocycles. The SMILES string of the molecule is CCC(C)NC(=O)c1[nH]c2cc(C)ccc2c1C. The lowest BCUT2D eigenvalue weighted by Gasteiger charge is -2.10. The molecule has 0 saturated heterocycles. The second-order valence-corrected chi connectivity index (χ2v) is 4.96. The number of rotatable bonds is 3. The van der Waals surface area contributed by atoms with Crippen LogP contribution in [0.25, 0.3) is 10.9 Å². The standard InChI is InChI=1S/C15H20N2O/c1-5-10(3)16-15(18)14-11(4)12-7-6-9(2)8-13(12)17-14/h6-8,10,17H,5H2,1-4H3,(H,16,18).